The molecule has 9 heteroatoms. The lowest BCUT2D eigenvalue weighted by molar-refractivity contribution is -0.156. The Bertz CT molecular complexity index is 1290. The minimum atomic E-state index is -1.78. The molecule has 3 heterocycles. The molecule has 0 saturated heterocycles. The summed E-state index contributed by atoms with van der Waals surface area (Å²) in [4.78, 5) is 35.3. The van der Waals surface area contributed by atoms with E-state index in [0.717, 1.165) is 5.29 Å². The first kappa shape index (κ1) is 24.7. The zero-order chi connectivity index (χ0) is 25.4. The summed E-state index contributed by atoms with van der Waals surface area (Å²) in [5.41, 5.74) is 6.86. The van der Waals surface area contributed by atoms with Gasteiger partial charge in [0, 0.05) is 17.7 Å². The number of fused-ring (bicyclic) bond motifs is 3. The fraction of sp³-hybridized carbons (Fsp3) is 0.385. The molecular weight excluding hydrogens is 463 g/mol. The van der Waals surface area contributed by atoms with Gasteiger partial charge in [0.25, 0.3) is 5.91 Å². The van der Waals surface area contributed by atoms with Gasteiger partial charge in [-0.2, -0.15) is 0 Å². The van der Waals surface area contributed by atoms with Crippen molar-refractivity contribution in [2.24, 2.45) is 10.7 Å². The number of amides is 1. The van der Waals surface area contributed by atoms with Crippen LogP contribution in [0.3, 0.4) is 0 Å². The van der Waals surface area contributed by atoms with Crippen molar-refractivity contribution in [3.05, 3.63) is 47.8 Å². The van der Waals surface area contributed by atoms with Crippen molar-refractivity contribution in [3.63, 3.8) is 0 Å². The highest BCUT2D eigenvalue weighted by atomic mass is 31.1. The second-order valence-corrected chi connectivity index (χ2v) is 11.4. The Morgan fingerprint density at radius 1 is 1.31 bits per heavy atom. The van der Waals surface area contributed by atoms with Gasteiger partial charge < -0.3 is 25.4 Å². The summed E-state index contributed by atoms with van der Waals surface area (Å²) >= 11 is 0. The van der Waals surface area contributed by atoms with E-state index in [1.165, 1.54) is 6.20 Å². The summed E-state index contributed by atoms with van der Waals surface area (Å²) in [5.74, 6) is 6.82. The normalized spacial score (nSPS) is 22.2. The van der Waals surface area contributed by atoms with Crippen LogP contribution < -0.4 is 25.4 Å². The minimum absolute atomic E-state index is 0.237. The van der Waals surface area contributed by atoms with E-state index < -0.39 is 18.5 Å². The smallest absolute Gasteiger partial charge is 0.274 e. The van der Waals surface area contributed by atoms with Crippen LogP contribution in [0.25, 0.3) is 0 Å². The van der Waals surface area contributed by atoms with Crippen LogP contribution in [0.1, 0.15) is 57.1 Å². The van der Waals surface area contributed by atoms with Crippen molar-refractivity contribution in [2.45, 2.75) is 57.8 Å². The van der Waals surface area contributed by atoms with Gasteiger partial charge >= 0.3 is 0 Å². The molecule has 3 atom stereocenters. The molecule has 0 bridgehead atoms. The zero-order valence-electron chi connectivity index (χ0n) is 20.5. The number of ether oxygens (including phenoxy) is 2. The third kappa shape index (κ3) is 4.62. The Hall–Kier alpha value is -3.40. The first-order chi connectivity index (χ1) is 16.6. The SMILES string of the molecule is CC#C[C@H](C)Oc1ccc(C(=O)Nc2ccc3c(c2)[C@@]2(C)N=C(N)C(C)(C)[P+]([O-])=C2CCO3)nc1. The molecule has 8 nitrogen and oxygen atoms in total. The van der Waals surface area contributed by atoms with E-state index >= 15 is 0 Å². The Morgan fingerprint density at radius 2 is 2.09 bits per heavy atom. The maximum absolute atomic E-state index is 13.4. The number of hydrogen-bond acceptors (Lipinski definition) is 7. The Labute approximate surface area is 206 Å². The maximum atomic E-state index is 13.4. The average molecular weight is 493 g/mol. The number of nitrogens with two attached hydrogens (primary N) is 1. The first-order valence-corrected chi connectivity index (χ1v) is 12.7. The van der Waals surface area contributed by atoms with Gasteiger partial charge in [-0.25, -0.2) is 9.98 Å². The molecule has 182 valence electrons. The van der Waals surface area contributed by atoms with Gasteiger partial charge in [0.1, 0.15) is 33.9 Å². The fourth-order valence-corrected chi connectivity index (χ4v) is 6.02. The minimum Gasteiger partial charge on any atom is -0.630 e. The van der Waals surface area contributed by atoms with Crippen molar-refractivity contribution in [3.8, 4) is 23.3 Å². The van der Waals surface area contributed by atoms with E-state index in [2.05, 4.69) is 22.1 Å². The monoisotopic (exact) mass is 492 g/mol. The largest absolute Gasteiger partial charge is 0.630 e. The third-order valence-corrected chi connectivity index (χ3v) is 8.67. The number of nitrogens with zero attached hydrogens (tertiary/aromatic N) is 2. The molecule has 2 aliphatic rings. The second kappa shape index (κ2) is 9.33. The van der Waals surface area contributed by atoms with Gasteiger partial charge in [0.05, 0.1) is 20.6 Å². The lowest BCUT2D eigenvalue weighted by Gasteiger charge is -2.36. The van der Waals surface area contributed by atoms with Crippen LogP contribution in [-0.2, 0) is 5.54 Å². The van der Waals surface area contributed by atoms with Crippen LogP contribution in [-0.4, -0.2) is 39.9 Å². The Balaban J connectivity index is 1.61. The number of benzene rings is 1. The zero-order valence-corrected chi connectivity index (χ0v) is 21.4. The topological polar surface area (TPSA) is 122 Å². The van der Waals surface area contributed by atoms with Gasteiger partial charge in [-0.3, -0.25) is 4.79 Å². The van der Waals surface area contributed by atoms with E-state index in [1.54, 1.807) is 37.3 Å². The maximum Gasteiger partial charge on any atom is 0.274 e. The summed E-state index contributed by atoms with van der Waals surface area (Å²) in [6.07, 6.45) is 1.74. The highest BCUT2D eigenvalue weighted by molar-refractivity contribution is 7.55. The molecule has 0 saturated carbocycles. The van der Waals surface area contributed by atoms with E-state index in [4.69, 9.17) is 20.2 Å². The Morgan fingerprint density at radius 3 is 2.77 bits per heavy atom. The molecule has 35 heavy (non-hydrogen) atoms. The molecule has 2 aromatic rings. The fourth-order valence-electron chi connectivity index (χ4n) is 4.23. The predicted octanol–water partition coefficient (Wildman–Crippen LogP) is 3.20. The van der Waals surface area contributed by atoms with Gasteiger partial charge in [-0.15, -0.1) is 5.92 Å². The number of anilines is 1. The molecule has 0 spiro atoms. The third-order valence-electron chi connectivity index (χ3n) is 6.27. The second-order valence-electron chi connectivity index (χ2n) is 9.17. The van der Waals surface area contributed by atoms with Crippen molar-refractivity contribution >= 4 is 30.5 Å². The molecule has 2 aliphatic heterocycles. The summed E-state index contributed by atoms with van der Waals surface area (Å²) in [6, 6.07) is 8.63. The van der Waals surface area contributed by atoms with E-state index in [0.29, 0.717) is 41.6 Å². The number of amidine groups is 1. The van der Waals surface area contributed by atoms with Crippen molar-refractivity contribution < 1.29 is 19.2 Å². The number of hydrogen-bond donors (Lipinski definition) is 2. The number of aliphatic imine (C=N–C) groups is 1. The lowest BCUT2D eigenvalue weighted by Crippen LogP contribution is -2.48. The highest BCUT2D eigenvalue weighted by Crippen LogP contribution is 2.50. The molecule has 1 aromatic carbocycles. The molecule has 1 aromatic heterocycles. The molecule has 0 radical (unpaired) electrons. The van der Waals surface area contributed by atoms with E-state index in [-0.39, 0.29) is 17.7 Å². The van der Waals surface area contributed by atoms with Crippen LogP contribution in [0, 0.1) is 11.8 Å². The number of aromatic nitrogens is 1. The summed E-state index contributed by atoms with van der Waals surface area (Å²) in [7, 11) is -1.78. The lowest BCUT2D eigenvalue weighted by atomic mass is 9.86. The summed E-state index contributed by atoms with van der Waals surface area (Å²) in [5, 5.41) is 2.96. The van der Waals surface area contributed by atoms with E-state index in [9.17, 15) is 9.69 Å². The van der Waals surface area contributed by atoms with Crippen LogP contribution in [0.5, 0.6) is 11.5 Å². The number of carbonyl (C=O) groups is 1. The average Bonchev–Trinajstić information content (AvgIpc) is 2.95. The number of pyridine rings is 1. The molecular formula is C26H29N4O4P. The van der Waals surface area contributed by atoms with Gasteiger partial charge in [0.2, 0.25) is 0 Å². The van der Waals surface area contributed by atoms with Crippen molar-refractivity contribution in [2.75, 3.05) is 11.9 Å². The van der Waals surface area contributed by atoms with Crippen molar-refractivity contribution in [1.82, 2.24) is 4.98 Å². The van der Waals surface area contributed by atoms with E-state index in [1.807, 2.05) is 27.7 Å². The molecule has 0 fully saturated rings. The van der Waals surface area contributed by atoms with Gasteiger partial charge in [-0.1, -0.05) is 5.92 Å². The molecule has 0 aliphatic carbocycles. The first-order valence-electron chi connectivity index (χ1n) is 11.4. The van der Waals surface area contributed by atoms with Crippen molar-refractivity contribution in [1.29, 1.82) is 0 Å². The molecule has 1 unspecified atom stereocenters. The van der Waals surface area contributed by atoms with Crippen LogP contribution in [0.2, 0.25) is 0 Å². The van der Waals surface area contributed by atoms with Gasteiger partial charge in [0.15, 0.2) is 11.3 Å². The molecule has 3 N–H and O–H groups in total. The summed E-state index contributed by atoms with van der Waals surface area (Å²) in [6.45, 7) is 9.58. The number of carbonyl (C=O) groups excluding carboxylic acids is 1. The van der Waals surface area contributed by atoms with Gasteiger partial charge in [-0.05, 0) is 65.0 Å². The Kier molecular flexibility index (Phi) is 6.59. The highest BCUT2D eigenvalue weighted by Gasteiger charge is 2.50. The standard InChI is InChI=1S/C26H29N4O4P/c1-6-7-16(2)34-18-9-10-20(28-15-18)23(31)29-17-8-11-21-19(14-17)26(5)22(12-13-33-21)35(32)25(3,4)24(27)30-26/h8-11,14-16H,12-13H2,1-5H3,(H2,27,30)(H,29,31)/t16-,26+/m0/s1. The molecule has 4 rings (SSSR count). The quantitative estimate of drug-likeness (QED) is 0.499. The number of nitrogens with one attached hydrogen (secondary N) is 1. The van der Waals surface area contributed by atoms with Crippen LogP contribution >= 0.6 is 7.77 Å². The van der Waals surface area contributed by atoms with Crippen LogP contribution in [0.4, 0.5) is 5.69 Å². The number of rotatable bonds is 4. The summed E-state index contributed by atoms with van der Waals surface area (Å²) < 4.78 is 11.6. The van der Waals surface area contributed by atoms with Crippen LogP contribution in [0.15, 0.2) is 41.5 Å². The molecule has 1 amide bonds. The predicted molar refractivity (Wildman–Crippen MR) is 137 cm³/mol.